The smallest absolute Gasteiger partial charge is 0.0324 e. The van der Waals surface area contributed by atoms with Gasteiger partial charge in [0, 0.05) is 0 Å². The Labute approximate surface area is 167 Å². The normalized spacial score (nSPS) is 61.3. The summed E-state index contributed by atoms with van der Waals surface area (Å²) in [4.78, 5) is 0. The first-order chi connectivity index (χ1) is 13.4. The van der Waals surface area contributed by atoms with Crippen LogP contribution in [0.15, 0.2) is 0 Å². The van der Waals surface area contributed by atoms with E-state index in [9.17, 15) is 0 Å². The maximum atomic E-state index is 1.65. The van der Waals surface area contributed by atoms with E-state index in [1.807, 2.05) is 0 Å². The standard InChI is InChI=1S/C14H22.C13H20/c1-2-4-12-9(3-1)8-13-10-5-6-11(7-10)14(12)13;1-2-8-7-12-9-4-5-10(6-9)13(12)11(8)3-1/h9-14H,1-8H2;8-13H,1-7H2. The van der Waals surface area contributed by atoms with E-state index >= 15 is 0 Å². The van der Waals surface area contributed by atoms with Crippen molar-refractivity contribution in [1.82, 2.24) is 0 Å². The van der Waals surface area contributed by atoms with Crippen LogP contribution in [0.3, 0.4) is 0 Å². The van der Waals surface area contributed by atoms with Crippen LogP contribution in [0.25, 0.3) is 0 Å². The first-order valence-electron chi connectivity index (χ1n) is 13.4. The lowest BCUT2D eigenvalue weighted by Crippen LogP contribution is -2.25. The summed E-state index contributed by atoms with van der Waals surface area (Å²) in [6.07, 6.45) is 24.1. The van der Waals surface area contributed by atoms with Gasteiger partial charge in [-0.15, -0.1) is 0 Å². The SMILES string of the molecule is C1CC2CC3C4CCC(C4)C3C2C1.C1CCC2C(C1)CC1C3CCC(C3)C21. The summed E-state index contributed by atoms with van der Waals surface area (Å²) >= 11 is 0. The summed E-state index contributed by atoms with van der Waals surface area (Å²) in [7, 11) is 0. The van der Waals surface area contributed by atoms with E-state index < -0.39 is 0 Å². The number of rotatable bonds is 0. The minimum atomic E-state index is 1.18. The molecule has 0 radical (unpaired) electrons. The van der Waals surface area contributed by atoms with Crippen LogP contribution in [0.2, 0.25) is 0 Å². The molecule has 0 heteroatoms. The molecule has 0 N–H and O–H groups in total. The van der Waals surface area contributed by atoms with E-state index in [-0.39, 0.29) is 0 Å². The van der Waals surface area contributed by atoms with E-state index in [1.165, 1.54) is 71.0 Å². The van der Waals surface area contributed by atoms with Crippen LogP contribution < -0.4 is 0 Å². The molecule has 0 aliphatic heterocycles. The topological polar surface area (TPSA) is 0 Å². The van der Waals surface area contributed by atoms with Crippen molar-refractivity contribution in [2.75, 3.05) is 0 Å². The molecule has 27 heavy (non-hydrogen) atoms. The van der Waals surface area contributed by atoms with Crippen molar-refractivity contribution >= 4 is 0 Å². The summed E-state index contributed by atoms with van der Waals surface area (Å²) in [5.74, 6) is 14.4. The first kappa shape index (κ1) is 16.8. The van der Waals surface area contributed by atoms with Gasteiger partial charge < -0.3 is 0 Å². The second-order valence-electron chi connectivity index (χ2n) is 12.7. The quantitative estimate of drug-likeness (QED) is 0.421. The molecule has 12 atom stereocenters. The lowest BCUT2D eigenvalue weighted by atomic mass is 9.73. The molecule has 0 heterocycles. The van der Waals surface area contributed by atoms with Gasteiger partial charge in [0.15, 0.2) is 0 Å². The fourth-order valence-corrected chi connectivity index (χ4v) is 11.5. The zero-order valence-electron chi connectivity index (χ0n) is 17.5. The van der Waals surface area contributed by atoms with E-state index in [4.69, 9.17) is 0 Å². The van der Waals surface area contributed by atoms with Gasteiger partial charge in [-0.2, -0.15) is 0 Å². The lowest BCUT2D eigenvalue weighted by Gasteiger charge is -2.32. The van der Waals surface area contributed by atoms with Gasteiger partial charge >= 0.3 is 0 Å². The fraction of sp³-hybridized carbons (Fsp3) is 1.00. The average Bonchev–Trinajstić information content (AvgIpc) is 3.51. The van der Waals surface area contributed by atoms with E-state index in [2.05, 4.69) is 0 Å². The van der Waals surface area contributed by atoms with Crippen molar-refractivity contribution in [3.05, 3.63) is 0 Å². The van der Waals surface area contributed by atoms with E-state index in [0.29, 0.717) is 0 Å². The highest BCUT2D eigenvalue weighted by molar-refractivity contribution is 5.07. The van der Waals surface area contributed by atoms with Crippen molar-refractivity contribution in [1.29, 1.82) is 0 Å². The van der Waals surface area contributed by atoms with Gasteiger partial charge in [-0.3, -0.25) is 0 Å². The van der Waals surface area contributed by atoms with Crippen molar-refractivity contribution in [3.63, 3.8) is 0 Å². The molecular weight excluding hydrogens is 324 g/mol. The molecule has 0 spiro atoms. The van der Waals surface area contributed by atoms with Crippen LogP contribution in [0.4, 0.5) is 0 Å². The molecule has 8 rings (SSSR count). The van der Waals surface area contributed by atoms with Gasteiger partial charge in [0.05, 0.1) is 0 Å². The Balaban J connectivity index is 0.000000101. The molecule has 8 fully saturated rings. The van der Waals surface area contributed by atoms with Gasteiger partial charge in [0.25, 0.3) is 0 Å². The van der Waals surface area contributed by atoms with Gasteiger partial charge in [0.2, 0.25) is 0 Å². The van der Waals surface area contributed by atoms with Crippen molar-refractivity contribution < 1.29 is 0 Å². The maximum Gasteiger partial charge on any atom is -0.0324 e. The monoisotopic (exact) mass is 366 g/mol. The summed E-state index contributed by atoms with van der Waals surface area (Å²) in [6.45, 7) is 0. The zero-order valence-corrected chi connectivity index (χ0v) is 17.5. The van der Waals surface area contributed by atoms with Crippen LogP contribution in [0.1, 0.15) is 96.3 Å². The Morgan fingerprint density at radius 2 is 0.741 bits per heavy atom. The largest absolute Gasteiger partial charge is 0.0530 e. The molecule has 150 valence electrons. The molecule has 0 aromatic rings. The van der Waals surface area contributed by atoms with Gasteiger partial charge in [0.1, 0.15) is 0 Å². The molecular formula is C27H42. The minimum absolute atomic E-state index is 1.18. The van der Waals surface area contributed by atoms with E-state index in [0.717, 1.165) is 0 Å². The molecule has 8 aliphatic carbocycles. The highest BCUT2D eigenvalue weighted by Gasteiger charge is 2.57. The van der Waals surface area contributed by atoms with Crippen LogP contribution in [0.5, 0.6) is 0 Å². The van der Waals surface area contributed by atoms with Crippen molar-refractivity contribution in [2.45, 2.75) is 96.3 Å². The minimum Gasteiger partial charge on any atom is -0.0530 e. The molecule has 0 aromatic heterocycles. The molecule has 8 aliphatic rings. The zero-order chi connectivity index (χ0) is 17.5. The van der Waals surface area contributed by atoms with Crippen LogP contribution in [-0.4, -0.2) is 0 Å². The highest BCUT2D eigenvalue weighted by Crippen LogP contribution is 2.66. The molecule has 0 amide bonds. The Kier molecular flexibility index (Phi) is 3.88. The predicted octanol–water partition coefficient (Wildman–Crippen LogP) is 7.33. The summed E-state index contributed by atoms with van der Waals surface area (Å²) in [5.41, 5.74) is 0. The summed E-state index contributed by atoms with van der Waals surface area (Å²) in [5, 5.41) is 0. The van der Waals surface area contributed by atoms with Crippen LogP contribution in [-0.2, 0) is 0 Å². The maximum absolute atomic E-state index is 1.65. The molecule has 0 aromatic carbocycles. The number of hydrogen-bond acceptors (Lipinski definition) is 0. The third kappa shape index (κ3) is 2.40. The van der Waals surface area contributed by atoms with Gasteiger partial charge in [-0.1, -0.05) is 32.1 Å². The average molecular weight is 367 g/mol. The third-order valence-corrected chi connectivity index (χ3v) is 12.1. The summed E-state index contributed by atoms with van der Waals surface area (Å²) < 4.78 is 0. The lowest BCUT2D eigenvalue weighted by molar-refractivity contribution is 0.168. The summed E-state index contributed by atoms with van der Waals surface area (Å²) in [6, 6.07) is 0. The Hall–Kier alpha value is 0. The van der Waals surface area contributed by atoms with E-state index in [1.54, 1.807) is 96.3 Å². The molecule has 12 unspecified atom stereocenters. The Morgan fingerprint density at radius 3 is 1.37 bits per heavy atom. The van der Waals surface area contributed by atoms with Gasteiger partial charge in [-0.05, 0) is 135 Å². The molecule has 0 nitrogen and oxygen atoms in total. The predicted molar refractivity (Wildman–Crippen MR) is 111 cm³/mol. The Bertz CT molecular complexity index is 577. The third-order valence-electron chi connectivity index (χ3n) is 12.1. The van der Waals surface area contributed by atoms with Crippen LogP contribution in [0, 0.1) is 71.0 Å². The highest BCUT2D eigenvalue weighted by atomic mass is 14.6. The fourth-order valence-electron chi connectivity index (χ4n) is 11.5. The molecule has 4 bridgehead atoms. The second-order valence-corrected chi connectivity index (χ2v) is 12.7. The van der Waals surface area contributed by atoms with Crippen molar-refractivity contribution in [2.24, 2.45) is 71.0 Å². The van der Waals surface area contributed by atoms with Crippen LogP contribution >= 0.6 is 0 Å². The van der Waals surface area contributed by atoms with Crippen molar-refractivity contribution in [3.8, 4) is 0 Å². The second kappa shape index (κ2) is 6.25. The Morgan fingerprint density at radius 1 is 0.296 bits per heavy atom. The molecule has 0 saturated heterocycles. The number of fused-ring (bicyclic) bond motifs is 14. The number of hydrogen-bond donors (Lipinski definition) is 0. The van der Waals surface area contributed by atoms with Gasteiger partial charge in [-0.25, -0.2) is 0 Å². The molecule has 8 saturated carbocycles. The first-order valence-corrected chi connectivity index (χ1v) is 13.4.